The van der Waals surface area contributed by atoms with Gasteiger partial charge in [-0.1, -0.05) is 13.8 Å². The van der Waals surface area contributed by atoms with Crippen LogP contribution in [0.2, 0.25) is 0 Å². The Morgan fingerprint density at radius 2 is 0.914 bits per heavy atom. The minimum Gasteiger partial charge on any atom is -0.496 e. The number of carbonyl (C=O) groups is 3. The Morgan fingerprint density at radius 1 is 0.524 bits per heavy atom. The molecule has 105 heavy (non-hydrogen) atoms. The number of rotatable bonds is 23. The zero-order valence-electron chi connectivity index (χ0n) is 61.4. The molecule has 0 bridgehead atoms. The zero-order valence-corrected chi connectivity index (χ0v) is 61.4. The van der Waals surface area contributed by atoms with Crippen LogP contribution in [0.1, 0.15) is 168 Å². The molecule has 560 valence electrons. The molecule has 2 aliphatic carbocycles. The van der Waals surface area contributed by atoms with E-state index >= 15 is 0 Å². The highest BCUT2D eigenvalue weighted by Gasteiger charge is 2.48. The lowest BCUT2D eigenvalue weighted by atomic mass is 9.85. The molecule has 6 aromatic heterocycles. The summed E-state index contributed by atoms with van der Waals surface area (Å²) in [5.41, 5.74) is 9.70. The van der Waals surface area contributed by atoms with Crippen LogP contribution in [0.5, 0.6) is 17.2 Å². The lowest BCUT2D eigenvalue weighted by molar-refractivity contribution is -0.0856. The fourth-order valence-electron chi connectivity index (χ4n) is 14.9. The number of pyridine rings is 3. The van der Waals surface area contributed by atoms with Crippen molar-refractivity contribution in [2.24, 2.45) is 0 Å². The molecule has 9 aromatic rings. The Labute approximate surface area is 605 Å². The number of fused-ring (bicyclic) bond motifs is 3. The van der Waals surface area contributed by atoms with Crippen LogP contribution in [0.3, 0.4) is 0 Å². The van der Waals surface area contributed by atoms with E-state index in [1.54, 1.807) is 57.2 Å². The van der Waals surface area contributed by atoms with Crippen molar-refractivity contribution in [3.63, 3.8) is 0 Å². The van der Waals surface area contributed by atoms with Gasteiger partial charge < -0.3 is 77.8 Å². The van der Waals surface area contributed by atoms with E-state index in [4.69, 9.17) is 38.8 Å². The molecule has 0 unspecified atom stereocenters. The maximum atomic E-state index is 13.8. The third-order valence-electron chi connectivity index (χ3n) is 20.1. The van der Waals surface area contributed by atoms with Gasteiger partial charge in [-0.2, -0.15) is 4.85 Å². The van der Waals surface area contributed by atoms with Crippen molar-refractivity contribution in [1.82, 2.24) is 30.9 Å². The van der Waals surface area contributed by atoms with Gasteiger partial charge in [0.05, 0.1) is 93.4 Å². The van der Waals surface area contributed by atoms with E-state index in [-0.39, 0.29) is 104 Å². The fourth-order valence-corrected chi connectivity index (χ4v) is 14.9. The van der Waals surface area contributed by atoms with Gasteiger partial charge in [0.2, 0.25) is 5.92 Å². The average Bonchev–Trinajstić information content (AvgIpc) is 1.76. The van der Waals surface area contributed by atoms with E-state index in [2.05, 4.69) is 52.5 Å². The van der Waals surface area contributed by atoms with Crippen LogP contribution in [0.15, 0.2) is 94.8 Å². The number of aromatic amines is 3. The summed E-state index contributed by atoms with van der Waals surface area (Å²) in [5.74, 6) is -5.00. The summed E-state index contributed by atoms with van der Waals surface area (Å²) in [6.45, 7) is 27.7. The lowest BCUT2D eigenvalue weighted by Crippen LogP contribution is -2.51. The van der Waals surface area contributed by atoms with Crippen LogP contribution >= 0.6 is 0 Å². The molecule has 0 radical (unpaired) electrons. The second-order valence-corrected chi connectivity index (χ2v) is 26.6. The van der Waals surface area contributed by atoms with Gasteiger partial charge >= 0.3 is 5.88 Å². The van der Waals surface area contributed by atoms with E-state index in [0.717, 1.165) is 53.1 Å². The quantitative estimate of drug-likeness (QED) is 0.0256. The molecule has 27 heteroatoms. The smallest absolute Gasteiger partial charge is 0.346 e. The van der Waals surface area contributed by atoms with Crippen molar-refractivity contribution in [3.8, 4) is 17.2 Å². The van der Waals surface area contributed by atoms with Gasteiger partial charge in [-0.3, -0.25) is 28.8 Å². The van der Waals surface area contributed by atoms with Gasteiger partial charge in [-0.25, -0.2) is 17.6 Å². The van der Waals surface area contributed by atoms with Crippen molar-refractivity contribution < 1.29 is 64.1 Å². The number of H-pyrrole nitrogens is 3. The first-order chi connectivity index (χ1) is 50.2. The number of nitrogens with zero attached hydrogens (tertiary/aromatic N) is 4. The van der Waals surface area contributed by atoms with Crippen molar-refractivity contribution in [1.29, 1.82) is 0 Å². The molecule has 6 N–H and O–H groups in total. The topological polar surface area (TPSA) is 276 Å². The molecule has 0 atom stereocenters. The van der Waals surface area contributed by atoms with E-state index in [1.807, 2.05) is 57.7 Å². The summed E-state index contributed by atoms with van der Waals surface area (Å²) in [4.78, 5) is 96.0. The van der Waals surface area contributed by atoms with Gasteiger partial charge in [0.1, 0.15) is 34.0 Å². The molecule has 2 saturated carbocycles. The minimum atomic E-state index is -2.65. The highest BCUT2D eigenvalue weighted by Crippen LogP contribution is 2.45. The van der Waals surface area contributed by atoms with E-state index in [0.29, 0.717) is 153 Å². The number of methoxy groups -OCH3 is 3. The molecule has 0 spiro atoms. The molecular formula is C78H92F4N10O13. The molecule has 3 aromatic carbocycles. The summed E-state index contributed by atoms with van der Waals surface area (Å²) in [7, 11) is 4.44. The normalized spacial score (nSPS) is 15.0. The first-order valence-electron chi connectivity index (χ1n) is 35.5. The number of hydrogen-bond donors (Lipinski definition) is 6. The van der Waals surface area contributed by atoms with Gasteiger partial charge in [0.15, 0.2) is 0 Å². The monoisotopic (exact) mass is 1450 g/mol. The van der Waals surface area contributed by atoms with Crippen LogP contribution in [0, 0.1) is 34.3 Å². The van der Waals surface area contributed by atoms with Gasteiger partial charge in [0.25, 0.3) is 40.3 Å². The highest BCUT2D eigenvalue weighted by molar-refractivity contribution is 6.11. The second kappa shape index (κ2) is 33.1. The number of anilines is 3. The Kier molecular flexibility index (Phi) is 24.3. The fraction of sp³-hybridized carbons (Fsp3) is 0.449. The first kappa shape index (κ1) is 77.1. The van der Waals surface area contributed by atoms with Crippen molar-refractivity contribution in [2.45, 2.75) is 176 Å². The SMILES string of the molecule is CCc1c(N(CC)C2CC(F)(F)C2)cc2occc2c1C(=O)NCc1c(OC)cc(C)[nH]c1=O.CCc1c(N(CC)C2CCC(F)(F)CC2)cc2occc2c1C(=O)NCc1c(OC)cc(C)[nH]c1=O.[C-]#[N+]c1cc2c(C(=O)NCc3c(OC)cc(C)[nH]c3=O)c(C)c(N(CC)C3CCOCC3)cc2o1. The number of nitrogens with one attached hydrogen (secondary N) is 6. The molecule has 3 aliphatic rings. The molecule has 1 saturated heterocycles. The maximum absolute atomic E-state index is 13.8. The van der Waals surface area contributed by atoms with Crippen molar-refractivity contribution in [3.05, 3.63) is 177 Å². The van der Waals surface area contributed by atoms with Crippen LogP contribution in [-0.4, -0.2) is 117 Å². The largest absolute Gasteiger partial charge is 0.496 e. The number of carbonyl (C=O) groups excluding carboxylic acids is 3. The molecular weight excluding hydrogens is 1360 g/mol. The molecule has 1 aliphatic heterocycles. The predicted octanol–water partition coefficient (Wildman–Crippen LogP) is 14.1. The van der Waals surface area contributed by atoms with E-state index in [9.17, 15) is 46.3 Å². The van der Waals surface area contributed by atoms with Gasteiger partial charge in [-0.05, 0) is 140 Å². The summed E-state index contributed by atoms with van der Waals surface area (Å²) in [5, 5.41) is 10.5. The number of furan rings is 3. The number of alkyl halides is 4. The number of aromatic nitrogens is 3. The van der Waals surface area contributed by atoms with E-state index in [1.165, 1.54) is 33.9 Å². The Bertz CT molecular complexity index is 4890. The molecule has 7 heterocycles. The van der Waals surface area contributed by atoms with Crippen molar-refractivity contribution in [2.75, 3.05) is 68.9 Å². The molecule has 3 amide bonds. The number of halogens is 4. The van der Waals surface area contributed by atoms with Crippen LogP contribution < -0.4 is 61.5 Å². The summed E-state index contributed by atoms with van der Waals surface area (Å²) in [6, 6.07) is 15.8. The van der Waals surface area contributed by atoms with Crippen molar-refractivity contribution >= 4 is 73.6 Å². The summed E-state index contributed by atoms with van der Waals surface area (Å²) in [6.07, 6.45) is 5.99. The molecule has 3 fully saturated rings. The summed E-state index contributed by atoms with van der Waals surface area (Å²) < 4.78 is 93.6. The molecule has 23 nitrogen and oxygen atoms in total. The number of benzene rings is 3. The second-order valence-electron chi connectivity index (χ2n) is 26.6. The number of ether oxygens (including phenoxy) is 4. The standard InChI is InChI=1S/C27H33F2N3O4.C26H30N4O5.C25H29F2N3O4/c1-5-18-21(32(6-2)17-7-10-27(28,29)11-8-17)14-23-19(9-12-36-23)24(18)26(34)30-15-20-22(35-4)13-16(3)31-25(20)33;1-6-30(17-7-9-34-10-8-17)20-13-22-18(12-23(27-4)35-22)24(16(20)3)26(32)28-14-19-21(33-5)11-15(2)29-25(19)31;1-5-16-19(30(6-2)15-11-25(26,27)12-15)10-21-17(7-8-34-21)22(16)24(32)28-13-18-20(33-4)9-14(3)29-23(18)31/h9,12-14,17H,5-8,10-11,15H2,1-4H3,(H,30,34)(H,31,33);11-13,17H,6-10,14H2,1-3,5H3,(H,28,32)(H,29,31);7-10,15H,5-6,11-13H2,1-4H3,(H,28,32)(H,29,31). The predicted molar refractivity (Wildman–Crippen MR) is 395 cm³/mol. The summed E-state index contributed by atoms with van der Waals surface area (Å²) >= 11 is 0. The van der Waals surface area contributed by atoms with E-state index < -0.39 is 11.8 Å². The lowest BCUT2D eigenvalue weighted by Gasteiger charge is -2.44. The first-order valence-corrected chi connectivity index (χ1v) is 35.5. The third-order valence-corrected chi connectivity index (χ3v) is 20.1. The number of hydrogen-bond acceptors (Lipinski definition) is 16. The zero-order chi connectivity index (χ0) is 75.8. The van der Waals surface area contributed by atoms with Gasteiger partial charge in [-0.15, -0.1) is 0 Å². The highest BCUT2D eigenvalue weighted by atomic mass is 19.3. The Hall–Kier alpha value is -10.5. The average molecular weight is 1450 g/mol. The maximum Gasteiger partial charge on any atom is 0.346 e. The third kappa shape index (κ3) is 16.7. The van der Waals surface area contributed by atoms with Crippen LogP contribution in [0.25, 0.3) is 37.8 Å². The Balaban J connectivity index is 0.000000169. The Morgan fingerprint density at radius 3 is 1.30 bits per heavy atom. The number of aryl methyl sites for hydroxylation is 3. The van der Waals surface area contributed by atoms with Crippen LogP contribution in [-0.2, 0) is 37.2 Å². The van der Waals surface area contributed by atoms with Gasteiger partial charge in [0, 0.05) is 145 Å². The minimum absolute atomic E-state index is 0.00619. The number of amides is 3. The van der Waals surface area contributed by atoms with Crippen LogP contribution in [0.4, 0.5) is 40.5 Å². The molecule has 12 rings (SSSR count).